The maximum absolute atomic E-state index is 14.3. The lowest BCUT2D eigenvalue weighted by molar-refractivity contribution is 0.449. The van der Waals surface area contributed by atoms with Crippen LogP contribution in [0.1, 0.15) is 29.9 Å². The van der Waals surface area contributed by atoms with Gasteiger partial charge in [-0.1, -0.05) is 0 Å². The molecule has 2 saturated carbocycles. The molecule has 7 nitrogen and oxygen atoms in total. The molecule has 2 aromatic heterocycles. The summed E-state index contributed by atoms with van der Waals surface area (Å²) < 4.78 is 27.9. The first-order chi connectivity index (χ1) is 13.6. The highest BCUT2D eigenvalue weighted by molar-refractivity contribution is 5.70. The third-order valence-electron chi connectivity index (χ3n) is 6.10. The molecule has 4 N–H and O–H groups in total. The summed E-state index contributed by atoms with van der Waals surface area (Å²) in [4.78, 5) is 8.52. The lowest BCUT2D eigenvalue weighted by atomic mass is 10.0. The van der Waals surface area contributed by atoms with Gasteiger partial charge in [-0.05, 0) is 50.3 Å². The molecular weight excluding hydrogens is 364 g/mol. The largest absolute Gasteiger partial charge is 0.364 e. The molecule has 28 heavy (non-hydrogen) atoms. The van der Waals surface area contributed by atoms with Gasteiger partial charge in [0, 0.05) is 11.6 Å². The predicted octanol–water partition coefficient (Wildman–Crippen LogP) is 2.32. The average molecular weight is 387 g/mol. The molecule has 0 bridgehead atoms. The van der Waals surface area contributed by atoms with Gasteiger partial charge < -0.3 is 16.0 Å². The fourth-order valence-electron chi connectivity index (χ4n) is 4.69. The molecule has 2 aromatic rings. The molecule has 3 heterocycles. The van der Waals surface area contributed by atoms with Crippen LogP contribution in [0.15, 0.2) is 12.0 Å². The van der Waals surface area contributed by atoms with Crippen LogP contribution in [0.25, 0.3) is 6.08 Å². The zero-order chi connectivity index (χ0) is 19.3. The van der Waals surface area contributed by atoms with Crippen molar-refractivity contribution in [2.75, 3.05) is 30.8 Å². The molecule has 1 aliphatic heterocycles. The number of fused-ring (bicyclic) bond motifs is 2. The summed E-state index contributed by atoms with van der Waals surface area (Å²) in [7, 11) is 1.97. The van der Waals surface area contributed by atoms with Crippen molar-refractivity contribution in [3.05, 3.63) is 34.9 Å². The standard InChI is InChI=1S/C19H23F2N7/c1-22-6-9-2-15(12-4-11(9)12)25-19-14(21)8-23-17(26-19)5-16-13-3-10(20)7-24-18(13)28-27-16/h3,8-9,11-12,15,22H,2,4-7H2,1H3,(H,23,25,26)(H2,24,27,28)/t9-,11+,12+,15-/m1/s1. The van der Waals surface area contributed by atoms with E-state index in [1.54, 1.807) is 0 Å². The van der Waals surface area contributed by atoms with Crippen LogP contribution in [0.3, 0.4) is 0 Å². The van der Waals surface area contributed by atoms with E-state index in [0.29, 0.717) is 41.2 Å². The second-order valence-electron chi connectivity index (χ2n) is 7.94. The lowest BCUT2D eigenvalue weighted by Crippen LogP contribution is -2.25. The normalized spacial score (nSPS) is 27.6. The number of aromatic nitrogens is 4. The maximum atomic E-state index is 14.3. The molecular formula is C19H23F2N7. The van der Waals surface area contributed by atoms with Gasteiger partial charge in [-0.15, -0.1) is 0 Å². The number of nitrogens with one attached hydrogen (secondary N) is 4. The minimum absolute atomic E-state index is 0.135. The first-order valence-corrected chi connectivity index (χ1v) is 9.72. The number of nitrogens with zero attached hydrogens (tertiary/aromatic N) is 3. The van der Waals surface area contributed by atoms with Gasteiger partial charge in [-0.3, -0.25) is 5.10 Å². The van der Waals surface area contributed by atoms with E-state index in [0.717, 1.165) is 18.9 Å². The molecule has 4 atom stereocenters. The zero-order valence-corrected chi connectivity index (χ0v) is 15.6. The van der Waals surface area contributed by atoms with Gasteiger partial charge in [-0.25, -0.2) is 18.7 Å². The number of hydrogen-bond donors (Lipinski definition) is 4. The van der Waals surface area contributed by atoms with Crippen molar-refractivity contribution in [2.24, 2.45) is 17.8 Å². The summed E-state index contributed by atoms with van der Waals surface area (Å²) >= 11 is 0. The minimum Gasteiger partial charge on any atom is -0.364 e. The van der Waals surface area contributed by atoms with E-state index in [1.807, 2.05) is 7.05 Å². The van der Waals surface area contributed by atoms with E-state index in [4.69, 9.17) is 0 Å². The smallest absolute Gasteiger partial charge is 0.183 e. The van der Waals surface area contributed by atoms with Gasteiger partial charge >= 0.3 is 0 Å². The molecule has 0 amide bonds. The number of hydrogen-bond acceptors (Lipinski definition) is 6. The van der Waals surface area contributed by atoms with Gasteiger partial charge in [0.1, 0.15) is 11.7 Å². The van der Waals surface area contributed by atoms with E-state index in [-0.39, 0.29) is 24.2 Å². The highest BCUT2D eigenvalue weighted by Crippen LogP contribution is 2.55. The van der Waals surface area contributed by atoms with Crippen molar-refractivity contribution in [1.82, 2.24) is 25.5 Å². The second kappa shape index (κ2) is 6.80. The minimum atomic E-state index is -0.447. The molecule has 0 aromatic carbocycles. The summed E-state index contributed by atoms with van der Waals surface area (Å²) in [6.45, 7) is 1.14. The molecule has 0 saturated heterocycles. The van der Waals surface area contributed by atoms with Crippen LogP contribution in [0.2, 0.25) is 0 Å². The molecule has 9 heteroatoms. The summed E-state index contributed by atoms with van der Waals surface area (Å²) in [5, 5.41) is 16.5. The maximum Gasteiger partial charge on any atom is 0.183 e. The predicted molar refractivity (Wildman–Crippen MR) is 102 cm³/mol. The van der Waals surface area contributed by atoms with Crippen LogP contribution in [-0.4, -0.2) is 46.3 Å². The Hall–Kier alpha value is -2.55. The number of H-pyrrole nitrogens is 1. The highest BCUT2D eigenvalue weighted by Gasteiger charge is 2.53. The molecule has 2 aliphatic carbocycles. The van der Waals surface area contributed by atoms with E-state index < -0.39 is 5.82 Å². The third-order valence-corrected chi connectivity index (χ3v) is 6.10. The van der Waals surface area contributed by atoms with E-state index >= 15 is 0 Å². The van der Waals surface area contributed by atoms with Crippen LogP contribution in [0, 0.1) is 23.6 Å². The zero-order valence-electron chi connectivity index (χ0n) is 15.6. The molecule has 0 unspecified atom stereocenters. The Kier molecular flexibility index (Phi) is 4.26. The Balaban J connectivity index is 1.33. The number of aromatic amines is 1. The quantitative estimate of drug-likeness (QED) is 0.608. The van der Waals surface area contributed by atoms with Crippen molar-refractivity contribution >= 4 is 17.7 Å². The van der Waals surface area contributed by atoms with Crippen LogP contribution >= 0.6 is 0 Å². The van der Waals surface area contributed by atoms with Gasteiger partial charge in [0.2, 0.25) is 0 Å². The summed E-state index contributed by atoms with van der Waals surface area (Å²) in [5.41, 5.74) is 1.37. The van der Waals surface area contributed by atoms with Crippen molar-refractivity contribution in [2.45, 2.75) is 25.3 Å². The Bertz CT molecular complexity index is 925. The van der Waals surface area contributed by atoms with Gasteiger partial charge in [0.05, 0.1) is 24.9 Å². The molecule has 5 rings (SSSR count). The van der Waals surface area contributed by atoms with Gasteiger partial charge in [-0.2, -0.15) is 5.10 Å². The van der Waals surface area contributed by atoms with Crippen LogP contribution < -0.4 is 16.0 Å². The van der Waals surface area contributed by atoms with Crippen LogP contribution in [0.5, 0.6) is 0 Å². The van der Waals surface area contributed by atoms with Gasteiger partial charge in [0.25, 0.3) is 0 Å². The van der Waals surface area contributed by atoms with Gasteiger partial charge in [0.15, 0.2) is 17.5 Å². The Morgan fingerprint density at radius 3 is 3.00 bits per heavy atom. The van der Waals surface area contributed by atoms with Crippen molar-refractivity contribution in [1.29, 1.82) is 0 Å². The van der Waals surface area contributed by atoms with E-state index in [9.17, 15) is 8.78 Å². The lowest BCUT2D eigenvalue weighted by Gasteiger charge is -2.18. The Morgan fingerprint density at radius 1 is 1.25 bits per heavy atom. The average Bonchev–Trinajstić information content (AvgIpc) is 3.29. The van der Waals surface area contributed by atoms with Crippen molar-refractivity contribution in [3.8, 4) is 0 Å². The molecule has 148 valence electrons. The topological polar surface area (TPSA) is 90.5 Å². The van der Waals surface area contributed by atoms with Crippen LogP contribution in [0.4, 0.5) is 20.4 Å². The monoisotopic (exact) mass is 387 g/mol. The summed E-state index contributed by atoms with van der Waals surface area (Å²) in [5.74, 6) is 2.60. The first-order valence-electron chi connectivity index (χ1n) is 9.72. The molecule has 2 fully saturated rings. The number of rotatable bonds is 6. The number of anilines is 2. The highest BCUT2D eigenvalue weighted by atomic mass is 19.1. The second-order valence-corrected chi connectivity index (χ2v) is 7.94. The Morgan fingerprint density at radius 2 is 2.14 bits per heavy atom. The van der Waals surface area contributed by atoms with E-state index in [2.05, 4.69) is 36.1 Å². The SMILES string of the molecule is CNC[C@H]1C[C@@H](Nc2nc(Cc3[nH]nc4c3C=C(F)CN4)ncc2F)[C@H]2C[C@@H]12. The van der Waals surface area contributed by atoms with Crippen molar-refractivity contribution < 1.29 is 8.78 Å². The molecule has 0 radical (unpaired) electrons. The van der Waals surface area contributed by atoms with E-state index in [1.165, 1.54) is 18.7 Å². The Labute approximate surface area is 161 Å². The molecule has 3 aliphatic rings. The number of halogens is 2. The fourth-order valence-corrected chi connectivity index (χ4v) is 4.69. The summed E-state index contributed by atoms with van der Waals surface area (Å²) in [6, 6.07) is 0.252. The summed E-state index contributed by atoms with van der Waals surface area (Å²) in [6.07, 6.45) is 5.21. The van der Waals surface area contributed by atoms with Crippen LogP contribution in [-0.2, 0) is 6.42 Å². The fraction of sp³-hybridized carbons (Fsp3) is 0.526. The molecule has 0 spiro atoms. The first kappa shape index (κ1) is 17.5. The third kappa shape index (κ3) is 3.13. The van der Waals surface area contributed by atoms with Crippen molar-refractivity contribution in [3.63, 3.8) is 0 Å².